The summed E-state index contributed by atoms with van der Waals surface area (Å²) in [6, 6.07) is 0. The molecular formula is C12H22O3. The fourth-order valence-corrected chi connectivity index (χ4v) is 1.81. The monoisotopic (exact) mass is 214 g/mol. The highest BCUT2D eigenvalue weighted by molar-refractivity contribution is 5.37. The summed E-state index contributed by atoms with van der Waals surface area (Å²) in [5.41, 5.74) is 0. The first-order chi connectivity index (χ1) is 7.38. The first kappa shape index (κ1) is 12.5. The van der Waals surface area contributed by atoms with Crippen LogP contribution in [0.5, 0.6) is 0 Å². The molecule has 15 heavy (non-hydrogen) atoms. The average molecular weight is 214 g/mol. The topological polar surface area (TPSA) is 38.8 Å². The molecule has 1 aliphatic heterocycles. The zero-order valence-corrected chi connectivity index (χ0v) is 9.61. The van der Waals surface area contributed by atoms with E-state index < -0.39 is 0 Å². The van der Waals surface area contributed by atoms with E-state index in [0.717, 1.165) is 6.42 Å². The lowest BCUT2D eigenvalue weighted by molar-refractivity contribution is -0.133. The highest BCUT2D eigenvalue weighted by atomic mass is 16.8. The van der Waals surface area contributed by atoms with Crippen molar-refractivity contribution in [3.63, 3.8) is 0 Å². The second-order valence-electron chi connectivity index (χ2n) is 4.19. The van der Waals surface area contributed by atoms with E-state index in [0.29, 0.717) is 6.47 Å². The lowest BCUT2D eigenvalue weighted by atomic mass is 10.1. The van der Waals surface area contributed by atoms with Crippen LogP contribution in [0, 0.1) is 0 Å². The summed E-state index contributed by atoms with van der Waals surface area (Å²) in [4.78, 5) is 9.98. The van der Waals surface area contributed by atoms with Crippen molar-refractivity contribution in [3.05, 3.63) is 0 Å². The molecule has 1 saturated heterocycles. The number of hydrogen-bond acceptors (Lipinski definition) is 3. The summed E-state index contributed by atoms with van der Waals surface area (Å²) in [6.07, 6.45) is 10.2. The Hall–Kier alpha value is -0.570. The second kappa shape index (κ2) is 7.69. The molecule has 1 fully saturated rings. The SMILES string of the molecule is CCCCCCCCCC1O[C@@H]1OC=O. The quantitative estimate of drug-likeness (QED) is 0.319. The Labute approximate surface area is 92.1 Å². The predicted molar refractivity (Wildman–Crippen MR) is 58.4 cm³/mol. The van der Waals surface area contributed by atoms with E-state index in [1.54, 1.807) is 0 Å². The first-order valence-corrected chi connectivity index (χ1v) is 6.13. The Morgan fingerprint density at radius 1 is 1.13 bits per heavy atom. The van der Waals surface area contributed by atoms with Gasteiger partial charge in [0.1, 0.15) is 6.10 Å². The van der Waals surface area contributed by atoms with Crippen molar-refractivity contribution in [3.8, 4) is 0 Å². The van der Waals surface area contributed by atoms with Crippen LogP contribution in [0.2, 0.25) is 0 Å². The van der Waals surface area contributed by atoms with Crippen molar-refractivity contribution in [2.24, 2.45) is 0 Å². The van der Waals surface area contributed by atoms with Crippen LogP contribution in [0.15, 0.2) is 0 Å². The molecule has 0 bridgehead atoms. The molecular weight excluding hydrogens is 192 g/mol. The van der Waals surface area contributed by atoms with Gasteiger partial charge in [0.05, 0.1) is 0 Å². The number of ether oxygens (including phenoxy) is 2. The van der Waals surface area contributed by atoms with Crippen LogP contribution in [0.25, 0.3) is 0 Å². The molecule has 0 aromatic rings. The Balaban J connectivity index is 1.76. The smallest absolute Gasteiger partial charge is 0.295 e. The van der Waals surface area contributed by atoms with Crippen molar-refractivity contribution in [1.29, 1.82) is 0 Å². The van der Waals surface area contributed by atoms with Crippen molar-refractivity contribution in [2.45, 2.75) is 70.7 Å². The molecule has 0 aromatic carbocycles. The molecule has 3 heteroatoms. The van der Waals surface area contributed by atoms with Crippen LogP contribution in [0.3, 0.4) is 0 Å². The van der Waals surface area contributed by atoms with Gasteiger partial charge in [-0.1, -0.05) is 51.9 Å². The second-order valence-corrected chi connectivity index (χ2v) is 4.19. The van der Waals surface area contributed by atoms with E-state index in [4.69, 9.17) is 4.74 Å². The minimum atomic E-state index is -0.234. The third-order valence-corrected chi connectivity index (χ3v) is 2.82. The fraction of sp³-hybridized carbons (Fsp3) is 0.917. The molecule has 2 atom stereocenters. The molecule has 0 N–H and O–H groups in total. The van der Waals surface area contributed by atoms with E-state index in [-0.39, 0.29) is 12.4 Å². The van der Waals surface area contributed by atoms with Crippen LogP contribution in [-0.4, -0.2) is 18.9 Å². The van der Waals surface area contributed by atoms with E-state index in [1.165, 1.54) is 44.9 Å². The van der Waals surface area contributed by atoms with Gasteiger partial charge in [0.15, 0.2) is 0 Å². The minimum absolute atomic E-state index is 0.186. The summed E-state index contributed by atoms with van der Waals surface area (Å²) in [7, 11) is 0. The summed E-state index contributed by atoms with van der Waals surface area (Å²) in [5, 5.41) is 0. The number of epoxide rings is 1. The van der Waals surface area contributed by atoms with Gasteiger partial charge >= 0.3 is 0 Å². The Bertz CT molecular complexity index is 170. The maximum Gasteiger partial charge on any atom is 0.295 e. The first-order valence-electron chi connectivity index (χ1n) is 6.13. The summed E-state index contributed by atoms with van der Waals surface area (Å²) >= 11 is 0. The van der Waals surface area contributed by atoms with Crippen molar-refractivity contribution >= 4 is 6.47 Å². The Morgan fingerprint density at radius 3 is 2.47 bits per heavy atom. The molecule has 1 unspecified atom stereocenters. The lowest BCUT2D eigenvalue weighted by Crippen LogP contribution is -1.98. The Kier molecular flexibility index (Phi) is 6.41. The largest absolute Gasteiger partial charge is 0.435 e. The van der Waals surface area contributed by atoms with Gasteiger partial charge in [-0.15, -0.1) is 0 Å². The summed E-state index contributed by atoms with van der Waals surface area (Å²) in [6.45, 7) is 2.70. The number of unbranched alkanes of at least 4 members (excludes halogenated alkanes) is 6. The van der Waals surface area contributed by atoms with Crippen LogP contribution >= 0.6 is 0 Å². The fourth-order valence-electron chi connectivity index (χ4n) is 1.81. The maximum atomic E-state index is 9.98. The van der Waals surface area contributed by atoms with Gasteiger partial charge < -0.3 is 9.47 Å². The predicted octanol–water partition coefficient (Wildman–Crippen LogP) is 3.03. The van der Waals surface area contributed by atoms with Gasteiger partial charge in [0.2, 0.25) is 6.29 Å². The molecule has 1 aliphatic rings. The maximum absolute atomic E-state index is 9.98. The molecule has 0 saturated carbocycles. The van der Waals surface area contributed by atoms with Crippen LogP contribution in [0.4, 0.5) is 0 Å². The molecule has 0 radical (unpaired) electrons. The molecule has 0 aliphatic carbocycles. The Morgan fingerprint density at radius 2 is 1.80 bits per heavy atom. The van der Waals surface area contributed by atoms with Crippen LogP contribution < -0.4 is 0 Å². The number of hydrogen-bond donors (Lipinski definition) is 0. The zero-order valence-electron chi connectivity index (χ0n) is 9.61. The highest BCUT2D eigenvalue weighted by Gasteiger charge is 2.40. The summed E-state index contributed by atoms with van der Waals surface area (Å²) < 4.78 is 9.82. The normalized spacial score (nSPS) is 23.8. The number of carbonyl (C=O) groups excluding carboxylic acids is 1. The van der Waals surface area contributed by atoms with E-state index in [1.807, 2.05) is 0 Å². The third kappa shape index (κ3) is 5.78. The highest BCUT2D eigenvalue weighted by Crippen LogP contribution is 2.27. The van der Waals surface area contributed by atoms with E-state index in [9.17, 15) is 4.79 Å². The van der Waals surface area contributed by atoms with Crippen molar-refractivity contribution in [1.82, 2.24) is 0 Å². The third-order valence-electron chi connectivity index (χ3n) is 2.82. The average Bonchev–Trinajstić information content (AvgIpc) is 2.96. The van der Waals surface area contributed by atoms with E-state index >= 15 is 0 Å². The minimum Gasteiger partial charge on any atom is -0.435 e. The molecule has 3 nitrogen and oxygen atoms in total. The number of rotatable bonds is 10. The lowest BCUT2D eigenvalue weighted by Gasteiger charge is -1.99. The van der Waals surface area contributed by atoms with Crippen molar-refractivity contribution < 1.29 is 14.3 Å². The van der Waals surface area contributed by atoms with Gasteiger partial charge in [0, 0.05) is 0 Å². The van der Waals surface area contributed by atoms with Gasteiger partial charge in [-0.25, -0.2) is 0 Å². The molecule has 1 rings (SSSR count). The van der Waals surface area contributed by atoms with Crippen molar-refractivity contribution in [2.75, 3.05) is 0 Å². The van der Waals surface area contributed by atoms with Gasteiger partial charge in [-0.3, -0.25) is 4.79 Å². The summed E-state index contributed by atoms with van der Waals surface area (Å²) in [5.74, 6) is 0. The molecule has 0 spiro atoms. The zero-order chi connectivity index (χ0) is 10.9. The standard InChI is InChI=1S/C12H22O3/c1-2-3-4-5-6-7-8-9-11-12(15-11)14-10-13/h10-12H,2-9H2,1H3/t11?,12-/m0/s1. The number of carbonyl (C=O) groups is 1. The van der Waals surface area contributed by atoms with Gasteiger partial charge in [-0.2, -0.15) is 0 Å². The van der Waals surface area contributed by atoms with Gasteiger partial charge in [0.25, 0.3) is 6.47 Å². The molecule has 1 heterocycles. The van der Waals surface area contributed by atoms with Gasteiger partial charge in [-0.05, 0) is 6.42 Å². The van der Waals surface area contributed by atoms with E-state index in [2.05, 4.69) is 11.7 Å². The van der Waals surface area contributed by atoms with Crippen LogP contribution in [0.1, 0.15) is 58.3 Å². The molecule has 0 aromatic heterocycles. The molecule has 88 valence electrons. The molecule has 0 amide bonds. The van der Waals surface area contributed by atoms with Crippen LogP contribution in [-0.2, 0) is 14.3 Å².